The summed E-state index contributed by atoms with van der Waals surface area (Å²) >= 11 is 1.75. The first-order chi connectivity index (χ1) is 16.7. The van der Waals surface area contributed by atoms with E-state index >= 15 is 0 Å². The quantitative estimate of drug-likeness (QED) is 0.367. The summed E-state index contributed by atoms with van der Waals surface area (Å²) in [5.74, 6) is 1.66. The van der Waals surface area contributed by atoms with Crippen molar-refractivity contribution in [3.63, 3.8) is 0 Å². The number of aromatic amines is 1. The van der Waals surface area contributed by atoms with E-state index in [2.05, 4.69) is 50.9 Å². The molecule has 0 radical (unpaired) electrons. The lowest BCUT2D eigenvalue weighted by Crippen LogP contribution is -2.36. The maximum absolute atomic E-state index is 12.5. The second-order valence-electron chi connectivity index (χ2n) is 8.54. The lowest BCUT2D eigenvalue weighted by Gasteiger charge is -2.29. The summed E-state index contributed by atoms with van der Waals surface area (Å²) in [6, 6.07) is 20.3. The lowest BCUT2D eigenvalue weighted by molar-refractivity contribution is 0.122. The second kappa shape index (κ2) is 9.00. The van der Waals surface area contributed by atoms with Crippen LogP contribution in [0.25, 0.3) is 11.3 Å². The van der Waals surface area contributed by atoms with Crippen LogP contribution in [-0.2, 0) is 17.7 Å². The molecule has 1 saturated heterocycles. The Kier molecular flexibility index (Phi) is 5.57. The van der Waals surface area contributed by atoms with Gasteiger partial charge in [0.05, 0.1) is 18.9 Å². The van der Waals surface area contributed by atoms with Gasteiger partial charge in [0.1, 0.15) is 11.5 Å². The SMILES string of the molecule is O=c1cc(N2CCOCC2)cc(-c2cccc3c2Oc2ccc(NCc4cccs4)cc2C3)[nH]1. The van der Waals surface area contributed by atoms with Crippen molar-refractivity contribution in [1.82, 2.24) is 4.98 Å². The van der Waals surface area contributed by atoms with Crippen LogP contribution in [0.1, 0.15) is 16.0 Å². The van der Waals surface area contributed by atoms with Crippen LogP contribution in [0.2, 0.25) is 0 Å². The normalized spacial score (nSPS) is 14.8. The van der Waals surface area contributed by atoms with E-state index in [0.29, 0.717) is 13.2 Å². The zero-order valence-electron chi connectivity index (χ0n) is 18.7. The number of benzene rings is 2. The Bertz CT molecular complexity index is 1370. The number of aromatic nitrogens is 1. The van der Waals surface area contributed by atoms with Crippen LogP contribution in [0.5, 0.6) is 11.5 Å². The molecule has 4 aromatic rings. The van der Waals surface area contributed by atoms with E-state index < -0.39 is 0 Å². The Morgan fingerprint density at radius 2 is 1.91 bits per heavy atom. The van der Waals surface area contributed by atoms with Gasteiger partial charge in [0.2, 0.25) is 5.56 Å². The number of morpholine rings is 1. The summed E-state index contributed by atoms with van der Waals surface area (Å²) in [7, 11) is 0. The lowest BCUT2D eigenvalue weighted by atomic mass is 9.96. The van der Waals surface area contributed by atoms with Crippen LogP contribution in [0.3, 0.4) is 0 Å². The molecule has 0 unspecified atom stereocenters. The molecule has 1 fully saturated rings. The van der Waals surface area contributed by atoms with Crippen molar-refractivity contribution in [3.8, 4) is 22.8 Å². The first-order valence-electron chi connectivity index (χ1n) is 11.5. The molecule has 2 aromatic heterocycles. The number of hydrogen-bond donors (Lipinski definition) is 2. The number of hydrogen-bond acceptors (Lipinski definition) is 6. The van der Waals surface area contributed by atoms with E-state index in [0.717, 1.165) is 71.3 Å². The summed E-state index contributed by atoms with van der Waals surface area (Å²) in [4.78, 5) is 19.0. The Balaban J connectivity index is 1.29. The molecule has 2 aromatic carbocycles. The van der Waals surface area contributed by atoms with Gasteiger partial charge < -0.3 is 24.7 Å². The van der Waals surface area contributed by atoms with Gasteiger partial charge in [-0.25, -0.2) is 0 Å². The average Bonchev–Trinajstić information content (AvgIpc) is 3.40. The maximum atomic E-state index is 12.5. The highest BCUT2D eigenvalue weighted by molar-refractivity contribution is 7.09. The number of ether oxygens (including phenoxy) is 2. The van der Waals surface area contributed by atoms with E-state index in [1.165, 1.54) is 4.88 Å². The summed E-state index contributed by atoms with van der Waals surface area (Å²) in [5.41, 5.74) is 5.80. The van der Waals surface area contributed by atoms with Gasteiger partial charge in [0, 0.05) is 59.5 Å². The third-order valence-corrected chi connectivity index (χ3v) is 7.17. The van der Waals surface area contributed by atoms with Crippen LogP contribution in [-0.4, -0.2) is 31.3 Å². The van der Waals surface area contributed by atoms with Gasteiger partial charge in [-0.15, -0.1) is 11.3 Å². The summed E-state index contributed by atoms with van der Waals surface area (Å²) in [5, 5.41) is 5.60. The highest BCUT2D eigenvalue weighted by Crippen LogP contribution is 2.43. The highest BCUT2D eigenvalue weighted by Gasteiger charge is 2.22. The zero-order chi connectivity index (χ0) is 22.9. The number of thiophene rings is 1. The topological polar surface area (TPSA) is 66.6 Å². The number of nitrogens with zero attached hydrogens (tertiary/aromatic N) is 1. The van der Waals surface area contributed by atoms with Gasteiger partial charge in [0.15, 0.2) is 0 Å². The van der Waals surface area contributed by atoms with Crippen LogP contribution in [0.4, 0.5) is 11.4 Å². The molecule has 0 saturated carbocycles. The van der Waals surface area contributed by atoms with Gasteiger partial charge >= 0.3 is 0 Å². The van der Waals surface area contributed by atoms with Crippen molar-refractivity contribution in [2.45, 2.75) is 13.0 Å². The molecule has 2 aliphatic rings. The number of para-hydroxylation sites is 1. The molecule has 0 bridgehead atoms. The molecule has 0 spiro atoms. The Morgan fingerprint density at radius 1 is 1.00 bits per heavy atom. The molecule has 2 N–H and O–H groups in total. The summed E-state index contributed by atoms with van der Waals surface area (Å²) in [6.45, 7) is 3.72. The number of fused-ring (bicyclic) bond motifs is 2. The molecular weight excluding hydrogens is 446 g/mol. The molecule has 34 heavy (non-hydrogen) atoms. The van der Waals surface area contributed by atoms with Crippen molar-refractivity contribution in [1.29, 1.82) is 0 Å². The molecule has 6 rings (SSSR count). The standard InChI is InChI=1S/C27H25N3O3S/c31-26-16-21(30-8-10-32-11-9-30)15-24(29-26)23-5-1-3-18-13-19-14-20(6-7-25(19)33-27(18)23)28-17-22-4-2-12-34-22/h1-7,12,14-16,28H,8-11,13,17H2,(H,29,31). The molecule has 0 aliphatic carbocycles. The average molecular weight is 472 g/mol. The zero-order valence-corrected chi connectivity index (χ0v) is 19.5. The number of anilines is 2. The second-order valence-corrected chi connectivity index (χ2v) is 9.58. The third kappa shape index (κ3) is 4.20. The third-order valence-electron chi connectivity index (χ3n) is 6.29. The fourth-order valence-electron chi connectivity index (χ4n) is 4.58. The Labute approximate surface area is 201 Å². The monoisotopic (exact) mass is 471 g/mol. The molecule has 0 atom stereocenters. The number of nitrogens with one attached hydrogen (secondary N) is 2. The predicted octanol–water partition coefficient (Wildman–Crippen LogP) is 5.25. The van der Waals surface area contributed by atoms with E-state index in [-0.39, 0.29) is 5.56 Å². The molecular formula is C27H25N3O3S. The van der Waals surface area contributed by atoms with E-state index in [1.807, 2.05) is 24.3 Å². The minimum atomic E-state index is -0.116. The number of H-pyrrole nitrogens is 1. The Hall–Kier alpha value is -3.55. The molecule has 6 nitrogen and oxygen atoms in total. The fourth-order valence-corrected chi connectivity index (χ4v) is 5.22. The van der Waals surface area contributed by atoms with E-state index in [1.54, 1.807) is 17.4 Å². The van der Waals surface area contributed by atoms with E-state index in [9.17, 15) is 4.79 Å². The van der Waals surface area contributed by atoms with Gasteiger partial charge in [0.25, 0.3) is 0 Å². The summed E-state index contributed by atoms with van der Waals surface area (Å²) in [6.07, 6.45) is 0.778. The van der Waals surface area contributed by atoms with Crippen molar-refractivity contribution < 1.29 is 9.47 Å². The van der Waals surface area contributed by atoms with Crippen LogP contribution >= 0.6 is 11.3 Å². The largest absolute Gasteiger partial charge is 0.456 e. The van der Waals surface area contributed by atoms with Crippen LogP contribution < -0.4 is 20.5 Å². The van der Waals surface area contributed by atoms with Crippen LogP contribution in [0, 0.1) is 0 Å². The molecule has 7 heteroatoms. The maximum Gasteiger partial charge on any atom is 0.250 e. The smallest absolute Gasteiger partial charge is 0.250 e. The van der Waals surface area contributed by atoms with Gasteiger partial charge in [-0.1, -0.05) is 18.2 Å². The van der Waals surface area contributed by atoms with Crippen molar-refractivity contribution in [2.75, 3.05) is 36.5 Å². The van der Waals surface area contributed by atoms with Crippen molar-refractivity contribution in [2.24, 2.45) is 0 Å². The highest BCUT2D eigenvalue weighted by atomic mass is 32.1. The minimum absolute atomic E-state index is 0.116. The van der Waals surface area contributed by atoms with Gasteiger partial charge in [-0.3, -0.25) is 4.79 Å². The fraction of sp³-hybridized carbons (Fsp3) is 0.222. The molecule has 172 valence electrons. The minimum Gasteiger partial charge on any atom is -0.456 e. The molecule has 2 aliphatic heterocycles. The van der Waals surface area contributed by atoms with Crippen molar-refractivity contribution in [3.05, 3.63) is 92.4 Å². The molecule has 4 heterocycles. The Morgan fingerprint density at radius 3 is 2.76 bits per heavy atom. The number of rotatable bonds is 5. The van der Waals surface area contributed by atoms with Crippen LogP contribution in [0.15, 0.2) is 70.8 Å². The predicted molar refractivity (Wildman–Crippen MR) is 136 cm³/mol. The first-order valence-corrected chi connectivity index (χ1v) is 12.4. The van der Waals surface area contributed by atoms with E-state index in [4.69, 9.17) is 9.47 Å². The molecule has 0 amide bonds. The number of pyridine rings is 1. The van der Waals surface area contributed by atoms with Crippen molar-refractivity contribution >= 4 is 22.7 Å². The van der Waals surface area contributed by atoms with Gasteiger partial charge in [-0.2, -0.15) is 0 Å². The first kappa shape index (κ1) is 21.0. The van der Waals surface area contributed by atoms with Gasteiger partial charge in [-0.05, 0) is 47.3 Å². The summed E-state index contributed by atoms with van der Waals surface area (Å²) < 4.78 is 11.9.